The fourth-order valence-corrected chi connectivity index (χ4v) is 3.29. The third kappa shape index (κ3) is 3.08. The van der Waals surface area contributed by atoms with E-state index in [0.717, 1.165) is 0 Å². The van der Waals surface area contributed by atoms with Crippen molar-refractivity contribution in [1.29, 1.82) is 0 Å². The number of hydrogen-bond acceptors (Lipinski definition) is 9. The Morgan fingerprint density at radius 1 is 0.783 bits per heavy atom. The summed E-state index contributed by atoms with van der Waals surface area (Å²) in [5.74, 6) is -5.69. The van der Waals surface area contributed by atoms with Crippen LogP contribution >= 0.6 is 0 Å². The number of carbonyl (C=O) groups excluding carboxylic acids is 4. The van der Waals surface area contributed by atoms with Crippen molar-refractivity contribution in [2.24, 2.45) is 0 Å². The van der Waals surface area contributed by atoms with E-state index < -0.39 is 67.2 Å². The zero-order valence-electron chi connectivity index (χ0n) is 10.8. The number of hydrogen-bond donors (Lipinski definition) is 2. The van der Waals surface area contributed by atoms with Gasteiger partial charge in [0.2, 0.25) is 0 Å². The summed E-state index contributed by atoms with van der Waals surface area (Å²) < 4.78 is 61.3. The van der Waals surface area contributed by atoms with E-state index >= 15 is 0 Å². The standard InChI is InChI=1S/C8H8N2O11S2/c11-5-1-3(22(15,16)17)7(13)9(5)21-10-6(12)2-4(8(10)14)23(18,19)20/h3-4H,1-2H2,(H,15,16,17)(H,18,19,20). The second kappa shape index (κ2) is 5.31. The summed E-state index contributed by atoms with van der Waals surface area (Å²) in [6.45, 7) is 0. The normalized spacial score (nSPS) is 26.5. The minimum absolute atomic E-state index is 0.249. The van der Waals surface area contributed by atoms with Crippen LogP contribution < -0.4 is 0 Å². The zero-order valence-corrected chi connectivity index (χ0v) is 12.5. The fraction of sp³-hybridized carbons (Fsp3) is 0.500. The molecular formula is C8H8N2O11S2. The molecule has 2 N–H and O–H groups in total. The predicted molar refractivity (Wildman–Crippen MR) is 64.7 cm³/mol. The van der Waals surface area contributed by atoms with Crippen molar-refractivity contribution in [3.05, 3.63) is 0 Å². The van der Waals surface area contributed by atoms with Gasteiger partial charge in [0.15, 0.2) is 10.5 Å². The number of amides is 4. The maximum absolute atomic E-state index is 11.7. The largest absolute Gasteiger partial charge is 0.285 e. The smallest absolute Gasteiger partial charge is 0.277 e. The average Bonchev–Trinajstić information content (AvgIpc) is 2.81. The topological polar surface area (TPSA) is 193 Å². The third-order valence-electron chi connectivity index (χ3n) is 3.01. The minimum atomic E-state index is -4.93. The quantitative estimate of drug-likeness (QED) is 0.374. The summed E-state index contributed by atoms with van der Waals surface area (Å²) >= 11 is 0. The maximum atomic E-state index is 11.7. The molecule has 0 saturated carbocycles. The van der Waals surface area contributed by atoms with Gasteiger partial charge in [-0.15, -0.1) is 15.1 Å². The molecule has 2 aliphatic rings. The summed E-state index contributed by atoms with van der Waals surface area (Å²) in [7, 11) is -9.86. The van der Waals surface area contributed by atoms with Crippen LogP contribution in [-0.4, -0.2) is 70.2 Å². The van der Waals surface area contributed by atoms with Gasteiger partial charge < -0.3 is 0 Å². The molecule has 0 radical (unpaired) electrons. The third-order valence-corrected chi connectivity index (χ3v) is 5.18. The molecule has 15 heteroatoms. The molecule has 0 aromatic heterocycles. The predicted octanol–water partition coefficient (Wildman–Crippen LogP) is -3.14. The van der Waals surface area contributed by atoms with Gasteiger partial charge in [-0.2, -0.15) is 16.8 Å². The molecule has 2 rings (SSSR count). The first kappa shape index (κ1) is 17.4. The van der Waals surface area contributed by atoms with Crippen molar-refractivity contribution in [3.63, 3.8) is 0 Å². The van der Waals surface area contributed by atoms with Crippen LogP contribution in [0.5, 0.6) is 0 Å². The maximum Gasteiger partial charge on any atom is 0.277 e. The van der Waals surface area contributed by atoms with Crippen LogP contribution in [0.25, 0.3) is 0 Å². The van der Waals surface area contributed by atoms with E-state index in [1.54, 1.807) is 0 Å². The van der Waals surface area contributed by atoms with E-state index in [-0.39, 0.29) is 10.1 Å². The molecule has 2 atom stereocenters. The lowest BCUT2D eigenvalue weighted by Gasteiger charge is -2.19. The second-order valence-electron chi connectivity index (χ2n) is 4.55. The van der Waals surface area contributed by atoms with Crippen LogP contribution in [0.15, 0.2) is 0 Å². The first-order valence-corrected chi connectivity index (χ1v) is 8.69. The van der Waals surface area contributed by atoms with Gasteiger partial charge in [0.1, 0.15) is 0 Å². The van der Waals surface area contributed by atoms with Crippen LogP contribution in [0.3, 0.4) is 0 Å². The molecule has 2 fully saturated rings. The highest BCUT2D eigenvalue weighted by molar-refractivity contribution is 7.87. The van der Waals surface area contributed by atoms with Crippen LogP contribution in [0, 0.1) is 0 Å². The molecule has 2 saturated heterocycles. The van der Waals surface area contributed by atoms with Gasteiger partial charge in [0.25, 0.3) is 43.9 Å². The Hall–Kier alpha value is -1.94. The Morgan fingerprint density at radius 2 is 1.09 bits per heavy atom. The van der Waals surface area contributed by atoms with Gasteiger partial charge in [-0.05, 0) is 0 Å². The zero-order chi connectivity index (χ0) is 17.7. The fourth-order valence-electron chi connectivity index (χ4n) is 1.88. The van der Waals surface area contributed by atoms with E-state index in [0.29, 0.717) is 0 Å². The molecule has 2 aliphatic heterocycles. The molecule has 13 nitrogen and oxygen atoms in total. The van der Waals surface area contributed by atoms with E-state index in [2.05, 4.69) is 4.94 Å². The number of imide groups is 2. The van der Waals surface area contributed by atoms with Crippen molar-refractivity contribution in [2.45, 2.75) is 23.3 Å². The molecule has 0 spiro atoms. The molecule has 23 heavy (non-hydrogen) atoms. The molecule has 2 unspecified atom stereocenters. The van der Waals surface area contributed by atoms with Crippen molar-refractivity contribution in [1.82, 2.24) is 10.1 Å². The molecular weight excluding hydrogens is 364 g/mol. The lowest BCUT2D eigenvalue weighted by atomic mass is 10.4. The molecule has 0 bridgehead atoms. The van der Waals surface area contributed by atoms with Crippen LogP contribution in [0.1, 0.15) is 12.8 Å². The summed E-state index contributed by atoms with van der Waals surface area (Å²) in [5.41, 5.74) is 0. The van der Waals surface area contributed by atoms with Gasteiger partial charge in [0.05, 0.1) is 12.8 Å². The van der Waals surface area contributed by atoms with Gasteiger partial charge in [-0.3, -0.25) is 28.3 Å². The molecule has 0 aliphatic carbocycles. The molecule has 128 valence electrons. The Bertz CT molecular complexity index is 745. The highest BCUT2D eigenvalue weighted by Gasteiger charge is 2.52. The Morgan fingerprint density at radius 3 is 1.30 bits per heavy atom. The molecule has 2 heterocycles. The van der Waals surface area contributed by atoms with Gasteiger partial charge >= 0.3 is 0 Å². The average molecular weight is 372 g/mol. The molecule has 0 aromatic carbocycles. The van der Waals surface area contributed by atoms with E-state index in [1.165, 1.54) is 0 Å². The minimum Gasteiger partial charge on any atom is -0.285 e. The SMILES string of the molecule is O=C1CC(S(=O)(=O)O)C(=O)N1ON1C(=O)CC(S(=O)(=O)O)C1=O. The van der Waals surface area contributed by atoms with Gasteiger partial charge in [-0.25, -0.2) is 0 Å². The lowest BCUT2D eigenvalue weighted by molar-refractivity contribution is -0.268. The highest BCUT2D eigenvalue weighted by atomic mass is 32.2. The van der Waals surface area contributed by atoms with Crippen LogP contribution in [0.2, 0.25) is 0 Å². The Labute approximate surface area is 128 Å². The Kier molecular flexibility index (Phi) is 4.02. The van der Waals surface area contributed by atoms with Crippen molar-refractivity contribution >= 4 is 43.9 Å². The summed E-state index contributed by atoms with van der Waals surface area (Å²) in [6, 6.07) is 0. The Balaban J connectivity index is 2.23. The van der Waals surface area contributed by atoms with Crippen molar-refractivity contribution < 1.29 is 50.1 Å². The summed E-state index contributed by atoms with van der Waals surface area (Å²) in [5, 5.41) is -4.83. The highest BCUT2D eigenvalue weighted by Crippen LogP contribution is 2.24. The van der Waals surface area contributed by atoms with Crippen molar-refractivity contribution in [3.8, 4) is 0 Å². The van der Waals surface area contributed by atoms with Crippen molar-refractivity contribution in [2.75, 3.05) is 0 Å². The number of carbonyl (C=O) groups is 4. The van der Waals surface area contributed by atoms with E-state index in [9.17, 15) is 36.0 Å². The van der Waals surface area contributed by atoms with Crippen LogP contribution in [0.4, 0.5) is 0 Å². The first-order valence-electron chi connectivity index (χ1n) is 5.68. The second-order valence-corrected chi connectivity index (χ2v) is 7.75. The van der Waals surface area contributed by atoms with Gasteiger partial charge in [-0.1, -0.05) is 0 Å². The lowest BCUT2D eigenvalue weighted by Crippen LogP contribution is -2.44. The number of hydroxylamine groups is 4. The number of rotatable bonds is 4. The first-order chi connectivity index (χ1) is 10.3. The monoisotopic (exact) mass is 372 g/mol. The molecule has 0 aromatic rings. The molecule has 4 amide bonds. The van der Waals surface area contributed by atoms with Gasteiger partial charge in [0, 0.05) is 0 Å². The van der Waals surface area contributed by atoms with Crippen LogP contribution in [-0.2, 0) is 44.4 Å². The van der Waals surface area contributed by atoms with E-state index in [4.69, 9.17) is 9.11 Å². The summed E-state index contributed by atoms with van der Waals surface area (Å²) in [4.78, 5) is 50.7. The number of nitrogens with zero attached hydrogens (tertiary/aromatic N) is 2. The summed E-state index contributed by atoms with van der Waals surface area (Å²) in [6.07, 6.45) is -1.98. The van der Waals surface area contributed by atoms with E-state index in [1.807, 2.05) is 0 Å².